The van der Waals surface area contributed by atoms with Crippen molar-refractivity contribution in [2.75, 3.05) is 26.0 Å². The van der Waals surface area contributed by atoms with Gasteiger partial charge in [0, 0.05) is 18.7 Å². The predicted octanol–water partition coefficient (Wildman–Crippen LogP) is 5.66. The Labute approximate surface area is 206 Å². The molecular formula is C27H34N4O2S. The molecule has 2 heterocycles. The van der Waals surface area contributed by atoms with Gasteiger partial charge in [0.1, 0.15) is 5.75 Å². The molecule has 1 aromatic heterocycles. The molecule has 0 N–H and O–H groups in total. The number of benzene rings is 2. The normalized spacial score (nSPS) is 18.4. The molecule has 3 aromatic rings. The smallest absolute Gasteiger partial charge is 0.233 e. The van der Waals surface area contributed by atoms with Gasteiger partial charge in [0.15, 0.2) is 11.0 Å². The minimum absolute atomic E-state index is 0.168. The van der Waals surface area contributed by atoms with Crippen molar-refractivity contribution in [3.05, 3.63) is 54.1 Å². The Bertz CT molecular complexity index is 1120. The summed E-state index contributed by atoms with van der Waals surface area (Å²) in [7, 11) is 1.66. The summed E-state index contributed by atoms with van der Waals surface area (Å²) in [5, 5.41) is 9.82. The fourth-order valence-corrected chi connectivity index (χ4v) is 5.62. The number of para-hydroxylation sites is 1. The lowest BCUT2D eigenvalue weighted by Gasteiger charge is -2.35. The number of hydrogen-bond acceptors (Lipinski definition) is 5. The molecule has 2 aromatic carbocycles. The summed E-state index contributed by atoms with van der Waals surface area (Å²) in [6.07, 6.45) is 1.18. The average molecular weight is 479 g/mol. The molecule has 7 heteroatoms. The number of thioether (sulfide) groups is 1. The first kappa shape index (κ1) is 24.3. The van der Waals surface area contributed by atoms with Crippen molar-refractivity contribution < 1.29 is 9.53 Å². The maximum absolute atomic E-state index is 13.1. The van der Waals surface area contributed by atoms with Gasteiger partial charge in [-0.25, -0.2) is 0 Å². The van der Waals surface area contributed by atoms with Crippen LogP contribution in [-0.4, -0.2) is 51.5 Å². The third kappa shape index (κ3) is 5.30. The SMILES string of the molecule is COc1ccc(-c2nnc(SCC(=O)N3CC(C)CC(C)C3)n2-c2ccccc2C(C)C)cc1. The van der Waals surface area contributed by atoms with Crippen LogP contribution in [0, 0.1) is 11.8 Å². The molecule has 1 amide bonds. The molecule has 0 spiro atoms. The first-order valence-electron chi connectivity index (χ1n) is 12.0. The number of rotatable bonds is 7. The molecule has 2 unspecified atom stereocenters. The molecule has 0 radical (unpaired) electrons. The Morgan fingerprint density at radius 1 is 1.06 bits per heavy atom. The van der Waals surface area contributed by atoms with Gasteiger partial charge in [-0.15, -0.1) is 10.2 Å². The number of ether oxygens (including phenoxy) is 1. The number of piperidine rings is 1. The molecule has 4 rings (SSSR count). The van der Waals surface area contributed by atoms with Gasteiger partial charge in [-0.2, -0.15) is 0 Å². The van der Waals surface area contributed by atoms with Crippen LogP contribution in [0.15, 0.2) is 53.7 Å². The lowest BCUT2D eigenvalue weighted by Crippen LogP contribution is -2.43. The van der Waals surface area contributed by atoms with Crippen LogP contribution in [0.25, 0.3) is 17.1 Å². The maximum Gasteiger partial charge on any atom is 0.233 e. The first-order chi connectivity index (χ1) is 16.4. The van der Waals surface area contributed by atoms with Gasteiger partial charge in [-0.1, -0.05) is 57.7 Å². The number of carbonyl (C=O) groups excluding carboxylic acids is 1. The van der Waals surface area contributed by atoms with Gasteiger partial charge in [-0.3, -0.25) is 9.36 Å². The van der Waals surface area contributed by atoms with E-state index < -0.39 is 0 Å². The monoisotopic (exact) mass is 478 g/mol. The van der Waals surface area contributed by atoms with Gasteiger partial charge in [0.25, 0.3) is 0 Å². The van der Waals surface area contributed by atoms with E-state index in [0.717, 1.165) is 41.1 Å². The molecule has 0 aliphatic carbocycles. The van der Waals surface area contributed by atoms with Crippen molar-refractivity contribution in [1.29, 1.82) is 0 Å². The van der Waals surface area contributed by atoms with Gasteiger partial charge < -0.3 is 9.64 Å². The second kappa shape index (κ2) is 10.6. The van der Waals surface area contributed by atoms with Crippen molar-refractivity contribution in [2.45, 2.75) is 45.2 Å². The minimum Gasteiger partial charge on any atom is -0.497 e. The van der Waals surface area contributed by atoms with Crippen LogP contribution in [-0.2, 0) is 4.79 Å². The summed E-state index contributed by atoms with van der Waals surface area (Å²) in [5.41, 5.74) is 3.20. The molecular weight excluding hydrogens is 444 g/mol. The van der Waals surface area contributed by atoms with E-state index in [9.17, 15) is 4.79 Å². The Kier molecular flexibility index (Phi) is 7.61. The summed E-state index contributed by atoms with van der Waals surface area (Å²) in [6.45, 7) is 10.5. The summed E-state index contributed by atoms with van der Waals surface area (Å²) in [4.78, 5) is 15.1. The van der Waals surface area contributed by atoms with E-state index in [-0.39, 0.29) is 5.91 Å². The molecule has 1 aliphatic heterocycles. The van der Waals surface area contributed by atoms with Gasteiger partial charge in [0.05, 0.1) is 18.6 Å². The number of methoxy groups -OCH3 is 1. The zero-order valence-electron chi connectivity index (χ0n) is 20.7. The highest BCUT2D eigenvalue weighted by molar-refractivity contribution is 7.99. The third-order valence-corrected chi connectivity index (χ3v) is 7.24. The largest absolute Gasteiger partial charge is 0.497 e. The number of carbonyl (C=O) groups is 1. The highest BCUT2D eigenvalue weighted by Crippen LogP contribution is 2.33. The minimum atomic E-state index is 0.168. The van der Waals surface area contributed by atoms with E-state index in [0.29, 0.717) is 23.5 Å². The van der Waals surface area contributed by atoms with E-state index in [1.807, 2.05) is 35.2 Å². The van der Waals surface area contributed by atoms with E-state index >= 15 is 0 Å². The Morgan fingerprint density at radius 2 is 1.74 bits per heavy atom. The standard InChI is InChI=1S/C27H34N4O2S/c1-18(2)23-8-6-7-9-24(23)31-26(21-10-12-22(33-5)13-11-21)28-29-27(31)34-17-25(32)30-15-19(3)14-20(4)16-30/h6-13,18-20H,14-17H2,1-5H3. The van der Waals surface area contributed by atoms with Crippen LogP contribution < -0.4 is 4.74 Å². The Balaban J connectivity index is 1.67. The van der Waals surface area contributed by atoms with E-state index in [4.69, 9.17) is 4.74 Å². The molecule has 180 valence electrons. The van der Waals surface area contributed by atoms with Crippen molar-refractivity contribution in [1.82, 2.24) is 19.7 Å². The predicted molar refractivity (Wildman–Crippen MR) is 138 cm³/mol. The molecule has 0 bridgehead atoms. The van der Waals surface area contributed by atoms with Gasteiger partial charge in [-0.05, 0) is 60.1 Å². The second-order valence-corrected chi connectivity index (χ2v) is 10.6. The summed E-state index contributed by atoms with van der Waals surface area (Å²) in [5.74, 6) is 3.49. The fraction of sp³-hybridized carbons (Fsp3) is 0.444. The number of amides is 1. The zero-order valence-corrected chi connectivity index (χ0v) is 21.5. The topological polar surface area (TPSA) is 60.3 Å². The first-order valence-corrected chi connectivity index (χ1v) is 13.0. The quantitative estimate of drug-likeness (QED) is 0.410. The molecule has 34 heavy (non-hydrogen) atoms. The summed E-state index contributed by atoms with van der Waals surface area (Å²) < 4.78 is 7.42. The third-order valence-electron chi connectivity index (χ3n) is 6.33. The molecule has 2 atom stereocenters. The van der Waals surface area contributed by atoms with Crippen molar-refractivity contribution in [3.8, 4) is 22.8 Å². The Morgan fingerprint density at radius 3 is 2.38 bits per heavy atom. The molecule has 1 fully saturated rings. The van der Waals surface area contributed by atoms with Crippen LogP contribution in [0.4, 0.5) is 0 Å². The molecule has 6 nitrogen and oxygen atoms in total. The van der Waals surface area contributed by atoms with Crippen LogP contribution in [0.5, 0.6) is 5.75 Å². The average Bonchev–Trinajstić information content (AvgIpc) is 3.25. The van der Waals surface area contributed by atoms with Crippen LogP contribution >= 0.6 is 11.8 Å². The van der Waals surface area contributed by atoms with E-state index in [1.165, 1.54) is 23.7 Å². The number of hydrogen-bond donors (Lipinski definition) is 0. The fourth-order valence-electron chi connectivity index (χ4n) is 4.77. The van der Waals surface area contributed by atoms with Gasteiger partial charge in [0.2, 0.25) is 5.91 Å². The highest BCUT2D eigenvalue weighted by atomic mass is 32.2. The van der Waals surface area contributed by atoms with Crippen LogP contribution in [0.3, 0.4) is 0 Å². The van der Waals surface area contributed by atoms with Crippen LogP contribution in [0.2, 0.25) is 0 Å². The van der Waals surface area contributed by atoms with E-state index in [2.05, 4.69) is 60.7 Å². The summed E-state index contributed by atoms with van der Waals surface area (Å²) >= 11 is 1.46. The van der Waals surface area contributed by atoms with Gasteiger partial charge >= 0.3 is 0 Å². The maximum atomic E-state index is 13.1. The van der Waals surface area contributed by atoms with E-state index in [1.54, 1.807) is 7.11 Å². The van der Waals surface area contributed by atoms with Crippen LogP contribution in [0.1, 0.15) is 45.6 Å². The molecule has 1 saturated heterocycles. The highest BCUT2D eigenvalue weighted by Gasteiger charge is 2.26. The van der Waals surface area contributed by atoms with Crippen molar-refractivity contribution in [2.24, 2.45) is 11.8 Å². The lowest BCUT2D eigenvalue weighted by molar-refractivity contribution is -0.130. The molecule has 0 saturated carbocycles. The number of nitrogens with zero attached hydrogens (tertiary/aromatic N) is 4. The summed E-state index contributed by atoms with van der Waals surface area (Å²) in [6, 6.07) is 16.2. The zero-order chi connectivity index (χ0) is 24.2. The molecule has 1 aliphatic rings. The second-order valence-electron chi connectivity index (χ2n) is 9.62. The number of likely N-dealkylation sites (tertiary alicyclic amines) is 1. The lowest BCUT2D eigenvalue weighted by atomic mass is 9.92. The Hall–Kier alpha value is -2.80. The van der Waals surface area contributed by atoms with Crippen molar-refractivity contribution >= 4 is 17.7 Å². The number of aromatic nitrogens is 3. The van der Waals surface area contributed by atoms with Crippen molar-refractivity contribution in [3.63, 3.8) is 0 Å².